The Morgan fingerprint density at radius 3 is 1.98 bits per heavy atom. The summed E-state index contributed by atoms with van der Waals surface area (Å²) in [6, 6.07) is 20.2. The number of methoxy groups -OCH3 is 1. The average Bonchev–Trinajstić information content (AvgIpc) is 3.61. The molecule has 0 bridgehead atoms. The lowest BCUT2D eigenvalue weighted by Gasteiger charge is -2.28. The maximum Gasteiger partial charge on any atom is 0.328 e. The molecule has 0 saturated carbocycles. The first kappa shape index (κ1) is 36.7. The van der Waals surface area contributed by atoms with Crippen LogP contribution >= 0.6 is 0 Å². The number of benzene rings is 3. The van der Waals surface area contributed by atoms with E-state index in [4.69, 9.17) is 4.74 Å². The number of ether oxygens (including phenoxy) is 1. The van der Waals surface area contributed by atoms with Gasteiger partial charge in [0.05, 0.1) is 23.8 Å². The first-order chi connectivity index (χ1) is 24.3. The van der Waals surface area contributed by atoms with Gasteiger partial charge < -0.3 is 19.9 Å². The lowest BCUT2D eigenvalue weighted by Crippen LogP contribution is -2.59. The Morgan fingerprint density at radius 1 is 0.804 bits per heavy atom. The van der Waals surface area contributed by atoms with Crippen LogP contribution in [0.1, 0.15) is 66.0 Å². The Bertz CT molecular complexity index is 1910. The first-order valence-electron chi connectivity index (χ1n) is 17.0. The van der Waals surface area contributed by atoms with E-state index in [-0.39, 0.29) is 36.3 Å². The highest BCUT2D eigenvalue weighted by Crippen LogP contribution is 2.30. The van der Waals surface area contributed by atoms with Gasteiger partial charge in [-0.2, -0.15) is 0 Å². The monoisotopic (exact) mass is 691 g/mol. The summed E-state index contributed by atoms with van der Waals surface area (Å²) in [6.07, 6.45) is 4.29. The van der Waals surface area contributed by atoms with Crippen LogP contribution in [-0.2, 0) is 37.5 Å². The number of hydrogen-bond acceptors (Lipinski definition) is 7. The van der Waals surface area contributed by atoms with E-state index in [1.54, 1.807) is 24.3 Å². The number of rotatable bonds is 15. The Morgan fingerprint density at radius 2 is 1.37 bits per heavy atom. The highest BCUT2D eigenvalue weighted by molar-refractivity contribution is 6.21. The van der Waals surface area contributed by atoms with Crippen LogP contribution in [0.4, 0.5) is 0 Å². The largest absolute Gasteiger partial charge is 0.467 e. The summed E-state index contributed by atoms with van der Waals surface area (Å²) >= 11 is 0. The molecule has 0 saturated heterocycles. The smallest absolute Gasteiger partial charge is 0.328 e. The quantitative estimate of drug-likeness (QED) is 0.0933. The van der Waals surface area contributed by atoms with Crippen molar-refractivity contribution in [2.45, 2.75) is 70.6 Å². The van der Waals surface area contributed by atoms with Gasteiger partial charge in [-0.05, 0) is 55.5 Å². The van der Waals surface area contributed by atoms with Gasteiger partial charge in [-0.25, -0.2) is 15.2 Å². The van der Waals surface area contributed by atoms with Crippen molar-refractivity contribution in [1.82, 2.24) is 25.6 Å². The van der Waals surface area contributed by atoms with E-state index in [2.05, 4.69) is 27.2 Å². The van der Waals surface area contributed by atoms with Crippen LogP contribution in [0, 0.1) is 5.92 Å². The van der Waals surface area contributed by atoms with E-state index in [9.17, 15) is 24.0 Å². The lowest BCUT2D eigenvalue weighted by molar-refractivity contribution is -0.145. The van der Waals surface area contributed by atoms with E-state index < -0.39 is 53.3 Å². The van der Waals surface area contributed by atoms with Crippen molar-refractivity contribution in [3.8, 4) is 0 Å². The SMILES string of the molecule is C=CC(C)(C)n1cc(C[C@H](NN2C(=O)c3ccccc3C2=O)C(=O)N[C@@H](CC(C)C)C(=O)N[C@@H](Cc2ccccc2)C(=O)OC)c2ccccc21. The predicted octanol–water partition coefficient (Wildman–Crippen LogP) is 4.71. The molecule has 11 heteroatoms. The summed E-state index contributed by atoms with van der Waals surface area (Å²) in [5.41, 5.74) is 5.42. The number of carbonyl (C=O) groups is 5. The molecule has 266 valence electrons. The number of aromatic nitrogens is 1. The number of esters is 1. The molecule has 3 atom stereocenters. The number of para-hydroxylation sites is 1. The summed E-state index contributed by atoms with van der Waals surface area (Å²) < 4.78 is 7.06. The van der Waals surface area contributed by atoms with Gasteiger partial charge in [0, 0.05) is 29.9 Å². The number of hydrogen-bond donors (Lipinski definition) is 3. The molecule has 5 rings (SSSR count). The second-order valence-electron chi connectivity index (χ2n) is 13.7. The summed E-state index contributed by atoms with van der Waals surface area (Å²) in [6.45, 7) is 11.9. The van der Waals surface area contributed by atoms with Crippen molar-refractivity contribution in [1.29, 1.82) is 0 Å². The van der Waals surface area contributed by atoms with Gasteiger partial charge in [-0.15, -0.1) is 6.58 Å². The molecular formula is C40H45N5O6. The molecule has 1 aliphatic rings. The van der Waals surface area contributed by atoms with Crippen LogP contribution in [0.25, 0.3) is 10.9 Å². The summed E-state index contributed by atoms with van der Waals surface area (Å²) in [4.78, 5) is 67.8. The van der Waals surface area contributed by atoms with Crippen LogP contribution in [-0.4, -0.2) is 64.4 Å². The third-order valence-electron chi connectivity index (χ3n) is 9.16. The molecule has 4 amide bonds. The van der Waals surface area contributed by atoms with Gasteiger partial charge in [-0.3, -0.25) is 19.2 Å². The van der Waals surface area contributed by atoms with Crippen LogP contribution in [0.2, 0.25) is 0 Å². The lowest BCUT2D eigenvalue weighted by atomic mass is 10.00. The number of nitrogens with zero attached hydrogens (tertiary/aromatic N) is 2. The van der Waals surface area contributed by atoms with Gasteiger partial charge in [0.25, 0.3) is 11.8 Å². The van der Waals surface area contributed by atoms with E-state index in [0.29, 0.717) is 0 Å². The van der Waals surface area contributed by atoms with E-state index in [1.165, 1.54) is 7.11 Å². The molecule has 0 unspecified atom stereocenters. The van der Waals surface area contributed by atoms with Crippen molar-refractivity contribution in [2.75, 3.05) is 7.11 Å². The van der Waals surface area contributed by atoms with Crippen LogP contribution in [0.5, 0.6) is 0 Å². The molecule has 1 aromatic heterocycles. The normalized spacial score (nSPS) is 14.6. The summed E-state index contributed by atoms with van der Waals surface area (Å²) in [5.74, 6) is -2.97. The second-order valence-corrected chi connectivity index (χ2v) is 13.7. The highest BCUT2D eigenvalue weighted by atomic mass is 16.5. The fraction of sp³-hybridized carbons (Fsp3) is 0.325. The number of carbonyl (C=O) groups excluding carboxylic acids is 5. The second kappa shape index (κ2) is 15.6. The molecule has 3 aromatic carbocycles. The van der Waals surface area contributed by atoms with Gasteiger partial charge in [-0.1, -0.05) is 80.6 Å². The zero-order valence-electron chi connectivity index (χ0n) is 29.6. The fourth-order valence-corrected chi connectivity index (χ4v) is 6.30. The Labute approximate surface area is 298 Å². The average molecular weight is 692 g/mol. The van der Waals surface area contributed by atoms with Crippen molar-refractivity contribution >= 4 is 40.5 Å². The van der Waals surface area contributed by atoms with Crippen LogP contribution < -0.4 is 16.1 Å². The van der Waals surface area contributed by atoms with E-state index >= 15 is 0 Å². The molecule has 11 nitrogen and oxygen atoms in total. The molecule has 3 N–H and O–H groups in total. The van der Waals surface area contributed by atoms with E-state index in [1.807, 2.05) is 94.6 Å². The van der Waals surface area contributed by atoms with E-state index in [0.717, 1.165) is 27.0 Å². The minimum atomic E-state index is -1.17. The molecule has 0 aliphatic carbocycles. The topological polar surface area (TPSA) is 139 Å². The third-order valence-corrected chi connectivity index (χ3v) is 9.16. The minimum Gasteiger partial charge on any atom is -0.467 e. The number of allylic oxidation sites excluding steroid dienone is 1. The Balaban J connectivity index is 1.47. The van der Waals surface area contributed by atoms with Crippen molar-refractivity contribution in [2.24, 2.45) is 5.92 Å². The number of hydrazine groups is 1. The van der Waals surface area contributed by atoms with Gasteiger partial charge in [0.2, 0.25) is 11.8 Å². The molecule has 0 radical (unpaired) electrons. The molecule has 4 aromatic rings. The van der Waals surface area contributed by atoms with Gasteiger partial charge >= 0.3 is 5.97 Å². The van der Waals surface area contributed by atoms with Crippen LogP contribution in [0.15, 0.2) is 97.7 Å². The van der Waals surface area contributed by atoms with Crippen molar-refractivity contribution < 1.29 is 28.7 Å². The molecular weight excluding hydrogens is 646 g/mol. The number of nitrogens with one attached hydrogen (secondary N) is 3. The number of imide groups is 1. The van der Waals surface area contributed by atoms with Gasteiger partial charge in [0.15, 0.2) is 0 Å². The Hall–Kier alpha value is -5.55. The molecule has 51 heavy (non-hydrogen) atoms. The zero-order chi connectivity index (χ0) is 36.9. The minimum absolute atomic E-state index is 0.0199. The number of amides is 4. The molecule has 0 spiro atoms. The number of fused-ring (bicyclic) bond motifs is 2. The van der Waals surface area contributed by atoms with Gasteiger partial charge in [0.1, 0.15) is 18.1 Å². The molecule has 2 heterocycles. The van der Waals surface area contributed by atoms with Crippen molar-refractivity contribution in [3.63, 3.8) is 0 Å². The summed E-state index contributed by atoms with van der Waals surface area (Å²) in [5, 5.41) is 7.41. The molecule has 0 fully saturated rings. The Kier molecular flexibility index (Phi) is 11.2. The third kappa shape index (κ3) is 8.10. The van der Waals surface area contributed by atoms with Crippen LogP contribution in [0.3, 0.4) is 0 Å². The standard InChI is InChI=1S/C40H45N5O6/c1-7-40(4,5)44-24-27(28-17-13-14-20-34(28)44)23-32(43-45-37(48)29-18-11-12-19-30(29)38(45)49)36(47)41-31(21-25(2)3)35(46)42-33(39(50)51-6)22-26-15-9-8-10-16-26/h7-20,24-25,31-33,43H,1,21-23H2,2-6H3,(H,41,47)(H,42,46)/t31-,32-,33-/m0/s1. The van der Waals surface area contributed by atoms with Crippen molar-refractivity contribution in [3.05, 3.63) is 120 Å². The molecule has 1 aliphatic heterocycles. The summed E-state index contributed by atoms with van der Waals surface area (Å²) in [7, 11) is 1.25. The first-order valence-corrected chi connectivity index (χ1v) is 17.0. The fourth-order valence-electron chi connectivity index (χ4n) is 6.30. The predicted molar refractivity (Wildman–Crippen MR) is 195 cm³/mol. The maximum atomic E-state index is 14.4. The zero-order valence-corrected chi connectivity index (χ0v) is 29.6. The maximum absolute atomic E-state index is 14.4. The highest BCUT2D eigenvalue weighted by Gasteiger charge is 2.39.